The largest absolute Gasteiger partial charge is 0.393 e. The lowest BCUT2D eigenvalue weighted by Gasteiger charge is -2.05. The molecule has 0 spiro atoms. The zero-order valence-corrected chi connectivity index (χ0v) is 8.43. The zero-order valence-electron chi connectivity index (χ0n) is 8.43. The Bertz CT molecular complexity index is 337. The van der Waals surface area contributed by atoms with Crippen molar-refractivity contribution in [3.63, 3.8) is 0 Å². The van der Waals surface area contributed by atoms with Gasteiger partial charge in [-0.05, 0) is 37.8 Å². The lowest BCUT2D eigenvalue weighted by atomic mass is 10.1. The summed E-state index contributed by atoms with van der Waals surface area (Å²) in [6.45, 7) is 1.63. The van der Waals surface area contributed by atoms with Gasteiger partial charge in [-0.25, -0.2) is 13.2 Å². The van der Waals surface area contributed by atoms with Crippen LogP contribution in [-0.2, 0) is 6.42 Å². The molecular weight excluding hydrogens is 205 g/mol. The topological polar surface area (TPSA) is 20.2 Å². The summed E-state index contributed by atoms with van der Waals surface area (Å²) in [6, 6.07) is 1.42. The molecule has 1 atom stereocenters. The van der Waals surface area contributed by atoms with E-state index in [0.717, 1.165) is 6.07 Å². The van der Waals surface area contributed by atoms with E-state index in [4.69, 9.17) is 5.11 Å². The van der Waals surface area contributed by atoms with Gasteiger partial charge in [-0.1, -0.05) is 0 Å². The van der Waals surface area contributed by atoms with Crippen LogP contribution >= 0.6 is 0 Å². The highest BCUT2D eigenvalue weighted by Crippen LogP contribution is 2.16. The van der Waals surface area contributed by atoms with Crippen LogP contribution in [0.15, 0.2) is 12.1 Å². The SMILES string of the molecule is C[C@H](O)CCCc1cc(F)c(F)cc1F. The Labute approximate surface area is 86.5 Å². The minimum atomic E-state index is -1.17. The van der Waals surface area contributed by atoms with Gasteiger partial charge in [0, 0.05) is 6.07 Å². The molecule has 1 aromatic rings. The van der Waals surface area contributed by atoms with Crippen molar-refractivity contribution in [3.05, 3.63) is 35.1 Å². The highest BCUT2D eigenvalue weighted by atomic mass is 19.2. The summed E-state index contributed by atoms with van der Waals surface area (Å²) in [5.74, 6) is -2.95. The van der Waals surface area contributed by atoms with Gasteiger partial charge in [0.25, 0.3) is 0 Å². The second kappa shape index (κ2) is 5.16. The van der Waals surface area contributed by atoms with E-state index in [2.05, 4.69) is 0 Å². The van der Waals surface area contributed by atoms with Crippen molar-refractivity contribution in [2.45, 2.75) is 32.3 Å². The highest BCUT2D eigenvalue weighted by molar-refractivity contribution is 5.20. The molecule has 15 heavy (non-hydrogen) atoms. The molecule has 0 fully saturated rings. The first-order valence-corrected chi connectivity index (χ1v) is 4.82. The minimum Gasteiger partial charge on any atom is -0.393 e. The molecule has 0 aliphatic heterocycles. The fourth-order valence-electron chi connectivity index (χ4n) is 1.34. The summed E-state index contributed by atoms with van der Waals surface area (Å²) in [4.78, 5) is 0. The molecule has 84 valence electrons. The van der Waals surface area contributed by atoms with Crippen molar-refractivity contribution in [2.24, 2.45) is 0 Å². The Kier molecular flexibility index (Phi) is 4.15. The second-order valence-corrected chi connectivity index (χ2v) is 3.60. The fraction of sp³-hybridized carbons (Fsp3) is 0.455. The Hall–Kier alpha value is -1.03. The van der Waals surface area contributed by atoms with E-state index in [-0.39, 0.29) is 5.56 Å². The van der Waals surface area contributed by atoms with E-state index < -0.39 is 23.6 Å². The van der Waals surface area contributed by atoms with Gasteiger partial charge in [0.05, 0.1) is 6.10 Å². The lowest BCUT2D eigenvalue weighted by molar-refractivity contribution is 0.181. The Morgan fingerprint density at radius 1 is 1.13 bits per heavy atom. The van der Waals surface area contributed by atoms with E-state index >= 15 is 0 Å². The Balaban J connectivity index is 2.65. The van der Waals surface area contributed by atoms with Gasteiger partial charge in [-0.15, -0.1) is 0 Å². The van der Waals surface area contributed by atoms with Crippen LogP contribution in [0.2, 0.25) is 0 Å². The van der Waals surface area contributed by atoms with E-state index in [1.807, 2.05) is 0 Å². The quantitative estimate of drug-likeness (QED) is 0.770. The zero-order chi connectivity index (χ0) is 11.4. The number of aliphatic hydroxyl groups is 1. The second-order valence-electron chi connectivity index (χ2n) is 3.60. The molecule has 1 aromatic carbocycles. The third-order valence-electron chi connectivity index (χ3n) is 2.16. The maximum absolute atomic E-state index is 13.1. The first kappa shape index (κ1) is 12.0. The summed E-state index contributed by atoms with van der Waals surface area (Å²) in [5.41, 5.74) is 0.148. The van der Waals surface area contributed by atoms with Gasteiger partial charge in [-0.2, -0.15) is 0 Å². The predicted molar refractivity (Wildman–Crippen MR) is 50.9 cm³/mol. The summed E-state index contributed by atoms with van der Waals surface area (Å²) in [5, 5.41) is 8.97. The van der Waals surface area contributed by atoms with Crippen molar-refractivity contribution in [2.75, 3.05) is 0 Å². The lowest BCUT2D eigenvalue weighted by Crippen LogP contribution is -2.01. The van der Waals surface area contributed by atoms with Crippen LogP contribution < -0.4 is 0 Å². The number of aliphatic hydroxyl groups excluding tert-OH is 1. The summed E-state index contributed by atoms with van der Waals surface area (Å²) in [7, 11) is 0. The summed E-state index contributed by atoms with van der Waals surface area (Å²) in [6.07, 6.45) is 0.893. The van der Waals surface area contributed by atoms with Crippen LogP contribution in [0.3, 0.4) is 0 Å². The highest BCUT2D eigenvalue weighted by Gasteiger charge is 2.09. The number of rotatable bonds is 4. The maximum Gasteiger partial charge on any atom is 0.161 e. The number of aryl methyl sites for hydroxylation is 1. The van der Waals surface area contributed by atoms with Crippen molar-refractivity contribution < 1.29 is 18.3 Å². The molecule has 4 heteroatoms. The van der Waals surface area contributed by atoms with Gasteiger partial charge in [0.1, 0.15) is 5.82 Å². The third kappa shape index (κ3) is 3.55. The minimum absolute atomic E-state index is 0.148. The molecule has 1 N–H and O–H groups in total. The number of hydrogen-bond donors (Lipinski definition) is 1. The molecule has 0 saturated heterocycles. The molecule has 0 aliphatic rings. The summed E-state index contributed by atoms with van der Waals surface area (Å²) < 4.78 is 38.4. The van der Waals surface area contributed by atoms with E-state index in [0.29, 0.717) is 25.3 Å². The van der Waals surface area contributed by atoms with Crippen molar-refractivity contribution in [3.8, 4) is 0 Å². The van der Waals surface area contributed by atoms with Gasteiger partial charge in [-0.3, -0.25) is 0 Å². The third-order valence-corrected chi connectivity index (χ3v) is 2.16. The van der Waals surface area contributed by atoms with Crippen LogP contribution in [0, 0.1) is 17.5 Å². The first-order chi connectivity index (χ1) is 7.00. The predicted octanol–water partition coefficient (Wildman–Crippen LogP) is 2.81. The number of benzene rings is 1. The molecule has 0 heterocycles. The summed E-state index contributed by atoms with van der Waals surface area (Å²) >= 11 is 0. The fourth-order valence-corrected chi connectivity index (χ4v) is 1.34. The average molecular weight is 218 g/mol. The molecule has 0 amide bonds. The van der Waals surface area contributed by atoms with Crippen molar-refractivity contribution >= 4 is 0 Å². The smallest absolute Gasteiger partial charge is 0.161 e. The van der Waals surface area contributed by atoms with Gasteiger partial charge in [0.15, 0.2) is 11.6 Å². The van der Waals surface area contributed by atoms with E-state index in [9.17, 15) is 13.2 Å². The monoisotopic (exact) mass is 218 g/mol. The van der Waals surface area contributed by atoms with Gasteiger partial charge in [0.2, 0.25) is 0 Å². The molecule has 0 aromatic heterocycles. The standard InChI is InChI=1S/C11H13F3O/c1-7(15)3-2-4-8-5-10(13)11(14)6-9(8)12/h5-7,15H,2-4H2,1H3/t7-/m0/s1. The molecule has 1 rings (SSSR count). The average Bonchev–Trinajstić information content (AvgIpc) is 2.13. The van der Waals surface area contributed by atoms with Crippen LogP contribution in [-0.4, -0.2) is 11.2 Å². The molecule has 0 saturated carbocycles. The first-order valence-electron chi connectivity index (χ1n) is 4.82. The molecule has 0 unspecified atom stereocenters. The van der Waals surface area contributed by atoms with Crippen LogP contribution in [0.4, 0.5) is 13.2 Å². The molecule has 1 nitrogen and oxygen atoms in total. The van der Waals surface area contributed by atoms with Gasteiger partial charge >= 0.3 is 0 Å². The van der Waals surface area contributed by atoms with Gasteiger partial charge < -0.3 is 5.11 Å². The number of hydrogen-bond acceptors (Lipinski definition) is 1. The van der Waals surface area contributed by atoms with Crippen molar-refractivity contribution in [1.82, 2.24) is 0 Å². The Morgan fingerprint density at radius 2 is 1.73 bits per heavy atom. The van der Waals surface area contributed by atoms with Crippen molar-refractivity contribution in [1.29, 1.82) is 0 Å². The van der Waals surface area contributed by atoms with Crippen LogP contribution in [0.1, 0.15) is 25.3 Å². The molecule has 0 aliphatic carbocycles. The maximum atomic E-state index is 13.1. The van der Waals surface area contributed by atoms with Crippen LogP contribution in [0.25, 0.3) is 0 Å². The number of halogens is 3. The molecule has 0 radical (unpaired) electrons. The van der Waals surface area contributed by atoms with E-state index in [1.54, 1.807) is 6.92 Å². The molecule has 0 bridgehead atoms. The normalized spacial score (nSPS) is 12.9. The Morgan fingerprint density at radius 3 is 2.33 bits per heavy atom. The molecular formula is C11H13F3O. The van der Waals surface area contributed by atoms with Crippen LogP contribution in [0.5, 0.6) is 0 Å². The van der Waals surface area contributed by atoms with E-state index in [1.165, 1.54) is 0 Å².